The van der Waals surface area contributed by atoms with Crippen LogP contribution in [0.1, 0.15) is 58.3 Å². The van der Waals surface area contributed by atoms with Gasteiger partial charge in [0.15, 0.2) is 5.96 Å². The van der Waals surface area contributed by atoms with Gasteiger partial charge in [0, 0.05) is 6.54 Å². The zero-order valence-corrected chi connectivity index (χ0v) is 21.5. The van der Waals surface area contributed by atoms with Gasteiger partial charge in [-0.25, -0.2) is 4.79 Å². The highest BCUT2D eigenvalue weighted by Crippen LogP contribution is 2.06. The maximum Gasteiger partial charge on any atom is 0.326 e. The molecule has 5 atom stereocenters. The van der Waals surface area contributed by atoms with Crippen molar-refractivity contribution in [3.63, 3.8) is 0 Å². The molecule has 0 heterocycles. The van der Waals surface area contributed by atoms with Crippen LogP contribution in [-0.4, -0.2) is 89.8 Å². The van der Waals surface area contributed by atoms with Gasteiger partial charge in [-0.2, -0.15) is 0 Å². The van der Waals surface area contributed by atoms with E-state index in [1.807, 2.05) is 0 Å². The monoisotopic (exact) mass is 531 g/mol. The van der Waals surface area contributed by atoms with E-state index in [9.17, 15) is 29.4 Å². The Morgan fingerprint density at radius 1 is 0.784 bits per heavy atom. The fourth-order valence-corrected chi connectivity index (χ4v) is 3.36. The quantitative estimate of drug-likeness (QED) is 0.0418. The van der Waals surface area contributed by atoms with Crippen LogP contribution in [0, 0.1) is 0 Å². The number of nitrogens with zero attached hydrogens (tertiary/aromatic N) is 1. The second-order valence-electron chi connectivity index (χ2n) is 8.81. The number of aliphatic carboxylic acids is 1. The molecule has 0 aromatic rings. The number of aliphatic imine (C=N–C) groups is 1. The molecule has 15 heteroatoms. The van der Waals surface area contributed by atoms with Gasteiger partial charge in [-0.1, -0.05) is 6.42 Å². The molecule has 5 unspecified atom stereocenters. The molecule has 0 spiro atoms. The van der Waals surface area contributed by atoms with Crippen molar-refractivity contribution in [1.29, 1.82) is 0 Å². The normalized spacial score (nSPS) is 14.9. The van der Waals surface area contributed by atoms with E-state index < -0.39 is 54.0 Å². The van der Waals surface area contributed by atoms with Crippen LogP contribution >= 0.6 is 0 Å². The molecule has 0 aromatic heterocycles. The van der Waals surface area contributed by atoms with Crippen LogP contribution in [0.3, 0.4) is 0 Å². The zero-order valence-electron chi connectivity index (χ0n) is 21.5. The van der Waals surface area contributed by atoms with E-state index in [-0.39, 0.29) is 25.3 Å². The Hall–Kier alpha value is -3.01. The minimum Gasteiger partial charge on any atom is -0.480 e. The first-order chi connectivity index (χ1) is 17.4. The Labute approximate surface area is 217 Å². The summed E-state index contributed by atoms with van der Waals surface area (Å²) in [5.41, 5.74) is 27.4. The summed E-state index contributed by atoms with van der Waals surface area (Å²) >= 11 is 0. The number of aliphatic hydroxyl groups excluding tert-OH is 1. The van der Waals surface area contributed by atoms with Crippen LogP contribution in [0.15, 0.2) is 4.99 Å². The highest BCUT2D eigenvalue weighted by atomic mass is 16.4. The lowest BCUT2D eigenvalue weighted by molar-refractivity contribution is -0.143. The van der Waals surface area contributed by atoms with Crippen molar-refractivity contribution in [2.45, 2.75) is 88.6 Å². The molecule has 0 aliphatic rings. The van der Waals surface area contributed by atoms with Crippen molar-refractivity contribution < 1.29 is 29.4 Å². The summed E-state index contributed by atoms with van der Waals surface area (Å²) in [7, 11) is 0. The van der Waals surface area contributed by atoms with Crippen LogP contribution in [-0.2, 0) is 19.2 Å². The Morgan fingerprint density at radius 3 is 1.84 bits per heavy atom. The smallest absolute Gasteiger partial charge is 0.326 e. The van der Waals surface area contributed by atoms with E-state index >= 15 is 0 Å². The number of guanidine groups is 1. The van der Waals surface area contributed by atoms with E-state index in [2.05, 4.69) is 20.9 Å². The third-order valence-corrected chi connectivity index (χ3v) is 5.51. The summed E-state index contributed by atoms with van der Waals surface area (Å²) < 4.78 is 0. The molecular weight excluding hydrogens is 486 g/mol. The number of nitrogens with one attached hydrogen (secondary N) is 3. The van der Waals surface area contributed by atoms with Crippen molar-refractivity contribution in [2.75, 3.05) is 19.6 Å². The molecule has 0 aliphatic carbocycles. The number of carboxylic acid groups (broad SMARTS) is 1. The third-order valence-electron chi connectivity index (χ3n) is 5.51. The van der Waals surface area contributed by atoms with Gasteiger partial charge in [-0.15, -0.1) is 0 Å². The number of hydrogen-bond donors (Lipinski definition) is 10. The Kier molecular flexibility index (Phi) is 17.6. The van der Waals surface area contributed by atoms with Gasteiger partial charge < -0.3 is 54.8 Å². The molecule has 0 aliphatic heterocycles. The van der Waals surface area contributed by atoms with Crippen molar-refractivity contribution in [3.8, 4) is 0 Å². The minimum atomic E-state index is -1.47. The molecule has 0 radical (unpaired) electrons. The second kappa shape index (κ2) is 19.1. The molecule has 0 rings (SSSR count). The van der Waals surface area contributed by atoms with Gasteiger partial charge in [-0.3, -0.25) is 19.4 Å². The van der Waals surface area contributed by atoms with Crippen molar-refractivity contribution in [1.82, 2.24) is 16.0 Å². The van der Waals surface area contributed by atoms with Crippen LogP contribution in [0.2, 0.25) is 0 Å². The highest BCUT2D eigenvalue weighted by Gasteiger charge is 2.32. The van der Waals surface area contributed by atoms with Gasteiger partial charge in [0.1, 0.15) is 18.1 Å². The summed E-state index contributed by atoms with van der Waals surface area (Å²) in [6.07, 6.45) is 1.92. The summed E-state index contributed by atoms with van der Waals surface area (Å²) in [6.45, 7) is 2.30. The average Bonchev–Trinajstić information content (AvgIpc) is 2.82. The molecule has 15 nitrogen and oxygen atoms in total. The summed E-state index contributed by atoms with van der Waals surface area (Å²) in [4.78, 5) is 53.8. The molecule has 0 fully saturated rings. The molecule has 214 valence electrons. The minimum absolute atomic E-state index is 0.106. The van der Waals surface area contributed by atoms with Gasteiger partial charge in [0.25, 0.3) is 0 Å². The molecule has 37 heavy (non-hydrogen) atoms. The molecule has 0 saturated carbocycles. The van der Waals surface area contributed by atoms with Crippen molar-refractivity contribution in [3.05, 3.63) is 0 Å². The first-order valence-electron chi connectivity index (χ1n) is 12.5. The van der Waals surface area contributed by atoms with E-state index in [0.717, 1.165) is 0 Å². The molecule has 0 saturated heterocycles. The number of hydrogen-bond acceptors (Lipinski definition) is 9. The van der Waals surface area contributed by atoms with Crippen LogP contribution < -0.4 is 44.6 Å². The summed E-state index contributed by atoms with van der Waals surface area (Å²) in [5.74, 6) is -3.59. The number of carbonyl (C=O) groups is 4. The molecule has 0 bridgehead atoms. The number of unbranched alkanes of at least 4 members (excludes halogenated alkanes) is 2. The highest BCUT2D eigenvalue weighted by molar-refractivity contribution is 5.94. The first kappa shape index (κ1) is 34.0. The standard InChI is InChI=1S/C22H45N9O6/c1-13(32)17(20(35)30-16(21(36)37)8-3-5-11-24)31-19(34)15(9-6-12-28-22(26)27)29-18(33)14(25)7-2-4-10-23/h13-17,32H,2-12,23-25H2,1H3,(H,29,33)(H,30,35)(H,31,34)(H,36,37)(H4,26,27,28). The number of nitrogens with two attached hydrogens (primary N) is 5. The molecular formula is C22H45N9O6. The van der Waals surface area contributed by atoms with Gasteiger partial charge in [0.2, 0.25) is 17.7 Å². The lowest BCUT2D eigenvalue weighted by Crippen LogP contribution is -2.59. The van der Waals surface area contributed by atoms with E-state index in [4.69, 9.17) is 28.7 Å². The van der Waals surface area contributed by atoms with Gasteiger partial charge in [0.05, 0.1) is 12.1 Å². The maximum absolute atomic E-state index is 13.0. The van der Waals surface area contributed by atoms with E-state index in [0.29, 0.717) is 51.6 Å². The van der Waals surface area contributed by atoms with Crippen LogP contribution in [0.4, 0.5) is 0 Å². The SMILES string of the molecule is CC(O)C(NC(=O)C(CCCN=C(N)N)NC(=O)C(N)CCCCN)C(=O)NC(CCCCN)C(=O)O. The first-order valence-corrected chi connectivity index (χ1v) is 12.5. The van der Waals surface area contributed by atoms with Gasteiger partial charge in [-0.05, 0) is 65.0 Å². The van der Waals surface area contributed by atoms with Crippen LogP contribution in [0.25, 0.3) is 0 Å². The summed E-state index contributed by atoms with van der Waals surface area (Å²) in [5, 5.41) is 26.9. The fraction of sp³-hybridized carbons (Fsp3) is 0.773. The number of carboxylic acids is 1. The van der Waals surface area contributed by atoms with Gasteiger partial charge >= 0.3 is 5.97 Å². The van der Waals surface area contributed by atoms with Crippen molar-refractivity contribution >= 4 is 29.7 Å². The predicted molar refractivity (Wildman–Crippen MR) is 139 cm³/mol. The molecule has 3 amide bonds. The predicted octanol–water partition coefficient (Wildman–Crippen LogP) is -3.45. The third kappa shape index (κ3) is 15.0. The lowest BCUT2D eigenvalue weighted by atomic mass is 10.0. The molecule has 15 N–H and O–H groups in total. The topological polar surface area (TPSA) is 287 Å². The fourth-order valence-electron chi connectivity index (χ4n) is 3.36. The van der Waals surface area contributed by atoms with Crippen LogP contribution in [0.5, 0.6) is 0 Å². The van der Waals surface area contributed by atoms with E-state index in [1.54, 1.807) is 0 Å². The van der Waals surface area contributed by atoms with Crippen molar-refractivity contribution in [2.24, 2.45) is 33.7 Å². The zero-order chi connectivity index (χ0) is 28.4. The molecule has 0 aromatic carbocycles. The largest absolute Gasteiger partial charge is 0.480 e. The van der Waals surface area contributed by atoms with E-state index in [1.165, 1.54) is 6.92 Å². The Morgan fingerprint density at radius 2 is 1.32 bits per heavy atom. The Bertz CT molecular complexity index is 746. The number of carbonyl (C=O) groups excluding carboxylic acids is 3. The summed E-state index contributed by atoms with van der Waals surface area (Å²) in [6, 6.07) is -4.69. The average molecular weight is 532 g/mol. The lowest BCUT2D eigenvalue weighted by Gasteiger charge is -2.26. The second-order valence-corrected chi connectivity index (χ2v) is 8.81. The number of aliphatic hydroxyl groups is 1. The Balaban J connectivity index is 5.44. The number of rotatable bonds is 20. The number of amides is 3. The maximum atomic E-state index is 13.0.